The molecule has 2 atom stereocenters. The molecule has 0 aromatic heterocycles. The Morgan fingerprint density at radius 3 is 2.42 bits per heavy atom. The van der Waals surface area contributed by atoms with Gasteiger partial charge in [0.2, 0.25) is 0 Å². The fraction of sp³-hybridized carbons (Fsp3) is 0.400. The number of carbonyl (C=O) groups excluding carboxylic acids is 2. The summed E-state index contributed by atoms with van der Waals surface area (Å²) in [5.74, 6) is -7.83. The van der Waals surface area contributed by atoms with Crippen molar-refractivity contribution in [2.75, 3.05) is 25.5 Å². The average Bonchev–Trinajstić information content (AvgIpc) is 3.02. The number of hydrogen-bond donors (Lipinski definition) is 2. The van der Waals surface area contributed by atoms with Gasteiger partial charge in [0.25, 0.3) is 0 Å². The van der Waals surface area contributed by atoms with Crippen molar-refractivity contribution < 1.29 is 41.8 Å². The maximum Gasteiger partial charge on any atom is 0.394 e. The van der Waals surface area contributed by atoms with Gasteiger partial charge in [-0.1, -0.05) is 6.07 Å². The number of carbonyl (C=O) groups is 3. The van der Waals surface area contributed by atoms with Gasteiger partial charge in [0.05, 0.1) is 30.2 Å². The molecule has 11 heteroatoms. The quantitative estimate of drug-likeness (QED) is 0.622. The number of carboxylic acids is 1. The number of ether oxygens (including phenoxy) is 1. The molecule has 7 nitrogen and oxygen atoms in total. The number of anilines is 1. The van der Waals surface area contributed by atoms with Crippen LogP contribution < -0.4 is 5.32 Å². The van der Waals surface area contributed by atoms with E-state index in [4.69, 9.17) is 5.11 Å². The van der Waals surface area contributed by atoms with E-state index < -0.39 is 66.1 Å². The third kappa shape index (κ3) is 3.86. The second-order valence-electron chi connectivity index (χ2n) is 5.59. The van der Waals surface area contributed by atoms with Crippen molar-refractivity contribution in [1.29, 1.82) is 0 Å². The lowest BCUT2D eigenvalue weighted by Gasteiger charge is -2.19. The lowest BCUT2D eigenvalue weighted by atomic mass is 9.96. The van der Waals surface area contributed by atoms with Crippen LogP contribution in [-0.4, -0.2) is 54.4 Å². The Balaban J connectivity index is 2.19. The molecular weight excluding hydrogens is 364 g/mol. The number of aliphatic carboxylic acids is 1. The normalized spacial score (nSPS) is 20.0. The van der Waals surface area contributed by atoms with Crippen LogP contribution in [0.2, 0.25) is 0 Å². The second kappa shape index (κ2) is 7.18. The molecule has 1 aliphatic rings. The van der Waals surface area contributed by atoms with Gasteiger partial charge in [0.15, 0.2) is 5.82 Å². The molecule has 1 heterocycles. The zero-order valence-corrected chi connectivity index (χ0v) is 13.3. The summed E-state index contributed by atoms with van der Waals surface area (Å²) >= 11 is 0. The van der Waals surface area contributed by atoms with Crippen molar-refractivity contribution in [1.82, 2.24) is 4.90 Å². The molecule has 0 saturated carbocycles. The number of rotatable bonds is 3. The Kier molecular flexibility index (Phi) is 5.38. The standard InChI is InChI=1S/C15H14F4N2O5/c1-26-13(24)7-3-2-4-10(11(7)16)20-14(25)21-5-8(12(22)23)9(6-21)15(17,18)19/h2-4,8-9H,5-6H2,1H3,(H,20,25)(H,22,23)/t8-,9-/m1/s1. The molecule has 1 fully saturated rings. The molecule has 2 N–H and O–H groups in total. The van der Waals surface area contributed by atoms with E-state index in [1.165, 1.54) is 6.07 Å². The fourth-order valence-corrected chi connectivity index (χ4v) is 2.64. The van der Waals surface area contributed by atoms with Gasteiger partial charge in [-0.3, -0.25) is 4.79 Å². The predicted octanol–water partition coefficient (Wildman–Crippen LogP) is 2.34. The van der Waals surface area contributed by atoms with Crippen LogP contribution in [0, 0.1) is 17.7 Å². The van der Waals surface area contributed by atoms with Gasteiger partial charge >= 0.3 is 24.1 Å². The molecule has 142 valence electrons. The third-order valence-corrected chi connectivity index (χ3v) is 3.99. The van der Waals surface area contributed by atoms with E-state index >= 15 is 0 Å². The van der Waals surface area contributed by atoms with Crippen LogP contribution in [0.3, 0.4) is 0 Å². The number of halogens is 4. The zero-order valence-electron chi connectivity index (χ0n) is 13.3. The van der Waals surface area contributed by atoms with Crippen LogP contribution in [0.1, 0.15) is 10.4 Å². The Hall–Kier alpha value is -2.85. The van der Waals surface area contributed by atoms with E-state index in [9.17, 15) is 31.9 Å². The molecule has 1 saturated heterocycles. The Labute approximate surface area is 144 Å². The molecule has 2 amide bonds. The summed E-state index contributed by atoms with van der Waals surface area (Å²) in [5.41, 5.74) is -0.913. The summed E-state index contributed by atoms with van der Waals surface area (Å²) in [6, 6.07) is 2.34. The number of nitrogens with one attached hydrogen (secondary N) is 1. The molecule has 26 heavy (non-hydrogen) atoms. The van der Waals surface area contributed by atoms with Crippen LogP contribution in [0.25, 0.3) is 0 Å². The van der Waals surface area contributed by atoms with E-state index in [1.807, 2.05) is 5.32 Å². The first-order valence-electron chi connectivity index (χ1n) is 7.28. The van der Waals surface area contributed by atoms with Gasteiger partial charge in [-0.2, -0.15) is 13.2 Å². The van der Waals surface area contributed by atoms with Gasteiger partial charge in [-0.05, 0) is 12.1 Å². The van der Waals surface area contributed by atoms with Crippen molar-refractivity contribution in [2.24, 2.45) is 11.8 Å². The van der Waals surface area contributed by atoms with Gasteiger partial charge in [0.1, 0.15) is 0 Å². The van der Waals surface area contributed by atoms with Gasteiger partial charge in [-0.25, -0.2) is 14.0 Å². The van der Waals surface area contributed by atoms with Crippen molar-refractivity contribution in [3.05, 3.63) is 29.6 Å². The topological polar surface area (TPSA) is 95.9 Å². The Morgan fingerprint density at radius 2 is 1.92 bits per heavy atom. The van der Waals surface area contributed by atoms with E-state index in [2.05, 4.69) is 4.74 Å². The number of hydrogen-bond acceptors (Lipinski definition) is 4. The zero-order chi connectivity index (χ0) is 19.6. The molecule has 1 aromatic rings. The first kappa shape index (κ1) is 19.5. The largest absolute Gasteiger partial charge is 0.481 e. The molecule has 0 aliphatic carbocycles. The van der Waals surface area contributed by atoms with E-state index in [-0.39, 0.29) is 0 Å². The average molecular weight is 378 g/mol. The lowest BCUT2D eigenvalue weighted by molar-refractivity contribution is -0.187. The first-order chi connectivity index (χ1) is 12.1. The van der Waals surface area contributed by atoms with E-state index in [0.717, 1.165) is 19.2 Å². The lowest BCUT2D eigenvalue weighted by Crippen LogP contribution is -2.35. The monoisotopic (exact) mass is 378 g/mol. The number of amides is 2. The molecule has 1 aliphatic heterocycles. The van der Waals surface area contributed by atoms with Crippen LogP contribution >= 0.6 is 0 Å². The molecule has 0 spiro atoms. The molecule has 0 unspecified atom stereocenters. The van der Waals surface area contributed by atoms with Crippen LogP contribution in [0.15, 0.2) is 18.2 Å². The third-order valence-electron chi connectivity index (χ3n) is 3.99. The minimum Gasteiger partial charge on any atom is -0.481 e. The smallest absolute Gasteiger partial charge is 0.394 e. The summed E-state index contributed by atoms with van der Waals surface area (Å²) in [6.07, 6.45) is -4.80. The summed E-state index contributed by atoms with van der Waals surface area (Å²) in [7, 11) is 1.03. The summed E-state index contributed by atoms with van der Waals surface area (Å²) in [6.45, 7) is -1.55. The number of benzene rings is 1. The first-order valence-corrected chi connectivity index (χ1v) is 7.28. The maximum absolute atomic E-state index is 14.2. The van der Waals surface area contributed by atoms with Gasteiger partial charge in [0, 0.05) is 13.1 Å². The molecule has 2 rings (SSSR count). The number of alkyl halides is 3. The van der Waals surface area contributed by atoms with Crippen molar-refractivity contribution in [3.8, 4) is 0 Å². The summed E-state index contributed by atoms with van der Waals surface area (Å²) in [5, 5.41) is 11.0. The fourth-order valence-electron chi connectivity index (χ4n) is 2.64. The highest BCUT2D eigenvalue weighted by molar-refractivity contribution is 5.94. The SMILES string of the molecule is COC(=O)c1cccc(NC(=O)N2C[C@@H](C(F)(F)F)[C@H](C(=O)O)C2)c1F. The van der Waals surface area contributed by atoms with E-state index in [1.54, 1.807) is 0 Å². The highest BCUT2D eigenvalue weighted by atomic mass is 19.4. The van der Waals surface area contributed by atoms with Crippen LogP contribution in [0.4, 0.5) is 28.0 Å². The number of carboxylic acid groups (broad SMARTS) is 1. The number of urea groups is 1. The highest BCUT2D eigenvalue weighted by Gasteiger charge is 2.53. The minimum atomic E-state index is -4.80. The van der Waals surface area contributed by atoms with Gasteiger partial charge in [-0.15, -0.1) is 0 Å². The van der Waals surface area contributed by atoms with Gasteiger partial charge < -0.3 is 20.1 Å². The van der Waals surface area contributed by atoms with Crippen molar-refractivity contribution in [3.63, 3.8) is 0 Å². The van der Waals surface area contributed by atoms with Crippen LogP contribution in [-0.2, 0) is 9.53 Å². The van der Waals surface area contributed by atoms with Crippen molar-refractivity contribution >= 4 is 23.7 Å². The number of methoxy groups -OCH3 is 1. The molecule has 1 aromatic carbocycles. The maximum atomic E-state index is 14.2. The predicted molar refractivity (Wildman–Crippen MR) is 79.0 cm³/mol. The molecule has 0 radical (unpaired) electrons. The number of nitrogens with zero attached hydrogens (tertiary/aromatic N) is 1. The summed E-state index contributed by atoms with van der Waals surface area (Å²) < 4.78 is 57.4. The van der Waals surface area contributed by atoms with Crippen LogP contribution in [0.5, 0.6) is 0 Å². The minimum absolute atomic E-state index is 0.444. The Morgan fingerprint density at radius 1 is 1.27 bits per heavy atom. The van der Waals surface area contributed by atoms with Crippen molar-refractivity contribution in [2.45, 2.75) is 6.18 Å². The van der Waals surface area contributed by atoms with E-state index in [0.29, 0.717) is 4.90 Å². The second-order valence-corrected chi connectivity index (χ2v) is 5.59. The molecule has 0 bridgehead atoms. The number of esters is 1. The highest BCUT2D eigenvalue weighted by Crippen LogP contribution is 2.38. The molecular formula is C15H14F4N2O5. The summed E-state index contributed by atoms with van der Waals surface area (Å²) in [4.78, 5) is 35.2. The number of likely N-dealkylation sites (tertiary alicyclic amines) is 1. The Bertz CT molecular complexity index is 737.